The quantitative estimate of drug-likeness (QED) is 0.342. The topological polar surface area (TPSA) is 134 Å². The first-order valence-corrected chi connectivity index (χ1v) is 8.19. The molecule has 2 N–H and O–H groups in total. The lowest BCUT2D eigenvalue weighted by Crippen LogP contribution is -2.19. The summed E-state index contributed by atoms with van der Waals surface area (Å²) in [6.45, 7) is -0.242. The number of cyclic esters (lactones) is 1. The summed E-state index contributed by atoms with van der Waals surface area (Å²) in [7, 11) is 0. The Labute approximate surface area is 163 Å². The standard InChI is InChI=1S/C18H12ClN3O6/c19-13-6-3-11(8-15(13)22(25)26)17-21-14(18(24)28-17)7-10-1-4-12(5-2-10)27-9-16(20)23/h1-8H,9H2,(H2,20,23)/b14-7-. The van der Waals surface area contributed by atoms with Crippen molar-refractivity contribution in [1.82, 2.24) is 0 Å². The predicted octanol–water partition coefficient (Wildman–Crippen LogP) is 2.46. The number of primary amides is 1. The maximum Gasteiger partial charge on any atom is 0.363 e. The minimum Gasteiger partial charge on any atom is -0.484 e. The van der Waals surface area contributed by atoms with E-state index in [2.05, 4.69) is 4.99 Å². The number of ether oxygens (including phenoxy) is 2. The molecule has 0 spiro atoms. The number of aliphatic imine (C=N–C) groups is 1. The van der Waals surface area contributed by atoms with Crippen molar-refractivity contribution in [2.45, 2.75) is 0 Å². The van der Waals surface area contributed by atoms with Gasteiger partial charge in [-0.1, -0.05) is 23.7 Å². The van der Waals surface area contributed by atoms with Crippen molar-refractivity contribution >= 4 is 41.1 Å². The van der Waals surface area contributed by atoms with E-state index >= 15 is 0 Å². The fourth-order valence-corrected chi connectivity index (χ4v) is 2.48. The third kappa shape index (κ3) is 4.33. The molecule has 0 saturated heterocycles. The van der Waals surface area contributed by atoms with Crippen LogP contribution in [0.1, 0.15) is 11.1 Å². The van der Waals surface area contributed by atoms with Gasteiger partial charge in [-0.2, -0.15) is 0 Å². The number of esters is 1. The summed E-state index contributed by atoms with van der Waals surface area (Å²) in [6, 6.07) is 10.5. The number of carbonyl (C=O) groups excluding carboxylic acids is 2. The minimum atomic E-state index is -0.693. The highest BCUT2D eigenvalue weighted by atomic mass is 35.5. The lowest BCUT2D eigenvalue weighted by atomic mass is 10.2. The van der Waals surface area contributed by atoms with Crippen LogP contribution in [0.4, 0.5) is 5.69 Å². The van der Waals surface area contributed by atoms with Crippen LogP contribution < -0.4 is 10.5 Å². The third-order valence-corrected chi connectivity index (χ3v) is 3.89. The van der Waals surface area contributed by atoms with Crippen molar-refractivity contribution in [1.29, 1.82) is 0 Å². The average molecular weight is 402 g/mol. The van der Waals surface area contributed by atoms with Gasteiger partial charge in [0.25, 0.3) is 11.6 Å². The molecule has 0 radical (unpaired) electrons. The Bertz CT molecular complexity index is 1030. The Kier molecular flexibility index (Phi) is 5.37. The first kappa shape index (κ1) is 19.1. The Morgan fingerprint density at radius 3 is 2.64 bits per heavy atom. The number of carbonyl (C=O) groups is 2. The van der Waals surface area contributed by atoms with Crippen molar-refractivity contribution in [3.63, 3.8) is 0 Å². The van der Waals surface area contributed by atoms with E-state index in [1.807, 2.05) is 0 Å². The fourth-order valence-electron chi connectivity index (χ4n) is 2.29. The molecule has 1 aliphatic heterocycles. The van der Waals surface area contributed by atoms with Crippen LogP contribution in [0.5, 0.6) is 5.75 Å². The zero-order valence-corrected chi connectivity index (χ0v) is 14.9. The van der Waals surface area contributed by atoms with Gasteiger partial charge in [0, 0.05) is 11.6 Å². The second-order valence-electron chi connectivity index (χ2n) is 5.58. The summed E-state index contributed by atoms with van der Waals surface area (Å²) in [5.74, 6) is -0.907. The van der Waals surface area contributed by atoms with E-state index in [4.69, 9.17) is 26.8 Å². The molecule has 3 rings (SSSR count). The summed E-state index contributed by atoms with van der Waals surface area (Å²) in [6.07, 6.45) is 1.48. The van der Waals surface area contributed by atoms with Crippen LogP contribution in [0.3, 0.4) is 0 Å². The maximum atomic E-state index is 12.1. The van der Waals surface area contributed by atoms with E-state index < -0.39 is 16.8 Å². The molecule has 2 aromatic rings. The number of amides is 1. The lowest BCUT2D eigenvalue weighted by Gasteiger charge is -2.03. The lowest BCUT2D eigenvalue weighted by molar-refractivity contribution is -0.384. The van der Waals surface area contributed by atoms with E-state index in [0.717, 1.165) is 0 Å². The van der Waals surface area contributed by atoms with Crippen LogP contribution in [-0.2, 0) is 14.3 Å². The highest BCUT2D eigenvalue weighted by Gasteiger charge is 2.26. The molecular formula is C18H12ClN3O6. The molecule has 0 aromatic heterocycles. The molecule has 1 heterocycles. The monoisotopic (exact) mass is 401 g/mol. The van der Waals surface area contributed by atoms with Gasteiger partial charge in [-0.25, -0.2) is 9.79 Å². The number of hydrogen-bond donors (Lipinski definition) is 1. The van der Waals surface area contributed by atoms with Gasteiger partial charge in [0.05, 0.1) is 4.92 Å². The number of nitro groups is 1. The van der Waals surface area contributed by atoms with Gasteiger partial charge in [-0.3, -0.25) is 14.9 Å². The van der Waals surface area contributed by atoms with E-state index in [-0.39, 0.29) is 34.5 Å². The van der Waals surface area contributed by atoms with Crippen molar-refractivity contribution in [2.75, 3.05) is 6.61 Å². The molecule has 0 fully saturated rings. The number of nitro benzene ring substituents is 1. The molecule has 0 unspecified atom stereocenters. The zero-order valence-electron chi connectivity index (χ0n) is 14.1. The number of nitrogens with two attached hydrogens (primary N) is 1. The summed E-state index contributed by atoms with van der Waals surface area (Å²) in [4.78, 5) is 37.2. The molecule has 0 saturated carbocycles. The Hall–Kier alpha value is -3.72. The largest absolute Gasteiger partial charge is 0.484 e. The molecule has 28 heavy (non-hydrogen) atoms. The number of nitrogens with zero attached hydrogens (tertiary/aromatic N) is 2. The minimum absolute atomic E-state index is 0.0263. The van der Waals surface area contributed by atoms with Gasteiger partial charge in [0.15, 0.2) is 12.3 Å². The van der Waals surface area contributed by atoms with Crippen LogP contribution in [0, 0.1) is 10.1 Å². The van der Waals surface area contributed by atoms with E-state index in [0.29, 0.717) is 11.3 Å². The maximum absolute atomic E-state index is 12.1. The number of rotatable bonds is 6. The molecule has 0 bridgehead atoms. The molecule has 10 heteroatoms. The first-order chi connectivity index (χ1) is 13.3. The van der Waals surface area contributed by atoms with Gasteiger partial charge < -0.3 is 15.2 Å². The van der Waals surface area contributed by atoms with E-state index in [1.54, 1.807) is 24.3 Å². The SMILES string of the molecule is NC(=O)COc1ccc(/C=C2\N=C(c3ccc(Cl)c([N+](=O)[O-])c3)OC2=O)cc1. The van der Waals surface area contributed by atoms with Crippen LogP contribution in [-0.4, -0.2) is 29.3 Å². The van der Waals surface area contributed by atoms with Crippen LogP contribution in [0.15, 0.2) is 53.2 Å². The summed E-state index contributed by atoms with van der Waals surface area (Å²) >= 11 is 5.78. The van der Waals surface area contributed by atoms with Gasteiger partial charge in [0.2, 0.25) is 5.90 Å². The highest BCUT2D eigenvalue weighted by Crippen LogP contribution is 2.27. The smallest absolute Gasteiger partial charge is 0.363 e. The highest BCUT2D eigenvalue weighted by molar-refractivity contribution is 6.32. The summed E-state index contributed by atoms with van der Waals surface area (Å²) in [5, 5.41) is 11.0. The van der Waals surface area contributed by atoms with Gasteiger partial charge in [-0.15, -0.1) is 0 Å². The van der Waals surface area contributed by atoms with Gasteiger partial charge in [-0.05, 0) is 35.9 Å². The van der Waals surface area contributed by atoms with Crippen molar-refractivity contribution in [3.05, 3.63) is 74.4 Å². The second kappa shape index (κ2) is 7.89. The van der Waals surface area contributed by atoms with Crippen molar-refractivity contribution < 1.29 is 24.0 Å². The third-order valence-electron chi connectivity index (χ3n) is 3.57. The second-order valence-corrected chi connectivity index (χ2v) is 5.99. The Morgan fingerprint density at radius 2 is 2.00 bits per heavy atom. The molecule has 9 nitrogen and oxygen atoms in total. The van der Waals surface area contributed by atoms with Crippen molar-refractivity contribution in [3.8, 4) is 5.75 Å². The normalized spacial score (nSPS) is 14.5. The molecular weight excluding hydrogens is 390 g/mol. The first-order valence-electron chi connectivity index (χ1n) is 7.81. The van der Waals surface area contributed by atoms with Crippen molar-refractivity contribution in [2.24, 2.45) is 10.7 Å². The van der Waals surface area contributed by atoms with Gasteiger partial charge in [0.1, 0.15) is 10.8 Å². The van der Waals surface area contributed by atoms with Gasteiger partial charge >= 0.3 is 5.97 Å². The average Bonchev–Trinajstić information content (AvgIpc) is 3.01. The Morgan fingerprint density at radius 1 is 1.29 bits per heavy atom. The molecule has 0 aliphatic carbocycles. The van der Waals surface area contributed by atoms with Crippen LogP contribution in [0.2, 0.25) is 5.02 Å². The number of hydrogen-bond acceptors (Lipinski definition) is 7. The molecule has 1 aliphatic rings. The van der Waals surface area contributed by atoms with E-state index in [1.165, 1.54) is 24.3 Å². The summed E-state index contributed by atoms with van der Waals surface area (Å²) < 4.78 is 10.2. The Balaban J connectivity index is 1.83. The van der Waals surface area contributed by atoms with Crippen LogP contribution >= 0.6 is 11.6 Å². The molecule has 1 amide bonds. The zero-order chi connectivity index (χ0) is 20.3. The number of benzene rings is 2. The molecule has 2 aromatic carbocycles. The summed E-state index contributed by atoms with van der Waals surface area (Å²) in [5.41, 5.74) is 5.60. The number of halogens is 1. The molecule has 0 atom stereocenters. The fraction of sp³-hybridized carbons (Fsp3) is 0.0556. The van der Waals surface area contributed by atoms with Crippen LogP contribution in [0.25, 0.3) is 6.08 Å². The van der Waals surface area contributed by atoms with E-state index in [9.17, 15) is 19.7 Å². The predicted molar refractivity (Wildman–Crippen MR) is 99.8 cm³/mol. The molecule has 142 valence electrons.